The Morgan fingerprint density at radius 3 is 2.94 bits per heavy atom. The topological polar surface area (TPSA) is 84.3 Å². The van der Waals surface area contributed by atoms with Gasteiger partial charge in [0.05, 0.1) is 9.60 Å². The van der Waals surface area contributed by atoms with Gasteiger partial charge in [-0.2, -0.15) is 8.42 Å². The number of nitrogens with zero attached hydrogens (tertiary/aromatic N) is 1. The predicted octanol–water partition coefficient (Wildman–Crippen LogP) is 0.899. The molecule has 2 rings (SSSR count). The van der Waals surface area contributed by atoms with Crippen molar-refractivity contribution < 1.29 is 13.0 Å². The van der Waals surface area contributed by atoms with Crippen molar-refractivity contribution in [1.82, 2.24) is 9.98 Å². The third kappa shape index (κ3) is 2.63. The minimum absolute atomic E-state index is 0.130. The normalized spacial score (nSPS) is 13.1. The fourth-order valence-electron chi connectivity index (χ4n) is 1.32. The van der Waals surface area contributed by atoms with Crippen molar-refractivity contribution in [3.8, 4) is 0 Å². The lowest BCUT2D eigenvalue weighted by atomic mass is 10.3. The molecule has 1 radical (unpaired) electrons. The second-order valence-corrected chi connectivity index (χ2v) is 5.75. The Balaban J connectivity index is 2.59. The quantitative estimate of drug-likeness (QED) is 0.642. The lowest BCUT2D eigenvalue weighted by molar-refractivity contribution is 0.483. The summed E-state index contributed by atoms with van der Waals surface area (Å²) in [4.78, 5) is 7.72. The van der Waals surface area contributed by atoms with Gasteiger partial charge in [-0.3, -0.25) is 4.55 Å². The maximum absolute atomic E-state index is 11.0. The molecule has 0 saturated carbocycles. The lowest BCUT2D eigenvalue weighted by Gasteiger charge is -1.93. The number of aromatic nitrogens is 1. The standard InChI is InChI=1S/C10H10N2O3S2/c1-2-5-11-10-12-8-6-7(17(13,14)15)3-4-9(8)16-10/h2-4,6,12H,1,5H2,(H,13,14,15)/q+1. The number of fused-ring (bicyclic) bond motifs is 1. The Morgan fingerprint density at radius 1 is 1.53 bits per heavy atom. The van der Waals surface area contributed by atoms with Crippen LogP contribution in [0.4, 0.5) is 0 Å². The van der Waals surface area contributed by atoms with Crippen LogP contribution in [0.25, 0.3) is 10.2 Å². The summed E-state index contributed by atoms with van der Waals surface area (Å²) in [7, 11) is -4.16. The third-order valence-electron chi connectivity index (χ3n) is 2.06. The fourth-order valence-corrected chi connectivity index (χ4v) is 2.69. The molecule has 0 bridgehead atoms. The van der Waals surface area contributed by atoms with Crippen LogP contribution in [0.3, 0.4) is 0 Å². The molecule has 0 atom stereocenters. The van der Waals surface area contributed by atoms with E-state index in [0.29, 0.717) is 16.9 Å². The highest BCUT2D eigenvalue weighted by atomic mass is 32.2. The number of aromatic amines is 1. The van der Waals surface area contributed by atoms with E-state index in [9.17, 15) is 8.42 Å². The molecule has 0 saturated heterocycles. The van der Waals surface area contributed by atoms with Crippen LogP contribution in [0.5, 0.6) is 0 Å². The second kappa shape index (κ2) is 4.44. The molecule has 89 valence electrons. The second-order valence-electron chi connectivity index (χ2n) is 3.29. The first-order valence-electron chi connectivity index (χ1n) is 4.72. The summed E-state index contributed by atoms with van der Waals surface area (Å²) in [5.74, 6) is 0. The molecule has 0 fully saturated rings. The maximum atomic E-state index is 11.0. The molecule has 1 aromatic heterocycles. The highest BCUT2D eigenvalue weighted by Gasteiger charge is 2.13. The summed E-state index contributed by atoms with van der Waals surface area (Å²) in [5, 5.41) is 0. The average Bonchev–Trinajstić information content (AvgIpc) is 2.66. The van der Waals surface area contributed by atoms with Crippen LogP contribution in [0.2, 0.25) is 0 Å². The molecule has 1 heterocycles. The number of H-pyrrole nitrogens is 1. The van der Waals surface area contributed by atoms with Crippen molar-refractivity contribution in [2.45, 2.75) is 4.90 Å². The Labute approximate surface area is 102 Å². The number of thiazole rings is 1. The van der Waals surface area contributed by atoms with E-state index in [2.05, 4.69) is 16.6 Å². The van der Waals surface area contributed by atoms with Gasteiger partial charge in [0.1, 0.15) is 12.1 Å². The van der Waals surface area contributed by atoms with Crippen molar-refractivity contribution in [3.63, 3.8) is 0 Å². The van der Waals surface area contributed by atoms with Crippen molar-refractivity contribution in [3.05, 3.63) is 35.7 Å². The van der Waals surface area contributed by atoms with E-state index < -0.39 is 10.1 Å². The van der Waals surface area contributed by atoms with Crippen molar-refractivity contribution in [2.75, 3.05) is 6.54 Å². The summed E-state index contributed by atoms with van der Waals surface area (Å²) in [6, 6.07) is 4.37. The largest absolute Gasteiger partial charge is 0.375 e. The van der Waals surface area contributed by atoms with Crippen LogP contribution >= 0.6 is 11.3 Å². The van der Waals surface area contributed by atoms with Crippen LogP contribution < -0.4 is 9.79 Å². The SMILES string of the molecule is C=CC[N+]=c1[nH]c2cc(S(=O)(=O)O)ccc2s1. The molecule has 0 unspecified atom stereocenters. The van der Waals surface area contributed by atoms with Crippen molar-refractivity contribution >= 4 is 31.7 Å². The van der Waals surface area contributed by atoms with E-state index in [1.807, 2.05) is 0 Å². The Bertz CT molecular complexity index is 725. The first-order valence-corrected chi connectivity index (χ1v) is 6.98. The first-order chi connectivity index (χ1) is 8.00. The van der Waals surface area contributed by atoms with Gasteiger partial charge in [-0.15, -0.1) is 0 Å². The van der Waals surface area contributed by atoms with Crippen molar-refractivity contribution in [1.29, 1.82) is 0 Å². The summed E-state index contributed by atoms with van der Waals surface area (Å²) < 4.78 is 31.7. The number of hydrogen-bond donors (Lipinski definition) is 2. The highest BCUT2D eigenvalue weighted by Crippen LogP contribution is 2.18. The molecule has 0 aliphatic heterocycles. The van der Waals surface area contributed by atoms with Gasteiger partial charge in [0.15, 0.2) is 0 Å². The summed E-state index contributed by atoms with van der Waals surface area (Å²) in [6.45, 7) is 4.06. The summed E-state index contributed by atoms with van der Waals surface area (Å²) in [5.41, 5.74) is 0.632. The molecule has 2 aromatic rings. The number of nitrogens with one attached hydrogen (secondary N) is 1. The molecule has 2 N–H and O–H groups in total. The molecule has 1 aromatic carbocycles. The van der Waals surface area contributed by atoms with Gasteiger partial charge in [-0.1, -0.05) is 11.6 Å². The average molecular weight is 270 g/mol. The fraction of sp³-hybridized carbons (Fsp3) is 0.100. The summed E-state index contributed by atoms with van der Waals surface area (Å²) >= 11 is 1.41. The van der Waals surface area contributed by atoms with Crippen LogP contribution in [-0.2, 0) is 10.1 Å². The van der Waals surface area contributed by atoms with E-state index in [-0.39, 0.29) is 4.90 Å². The van der Waals surface area contributed by atoms with Crippen LogP contribution in [0, 0.1) is 0 Å². The van der Waals surface area contributed by atoms with Crippen LogP contribution in [0.15, 0.2) is 35.7 Å². The van der Waals surface area contributed by atoms with E-state index in [0.717, 1.165) is 4.70 Å². The summed E-state index contributed by atoms with van der Waals surface area (Å²) in [6.07, 6.45) is 1.67. The van der Waals surface area contributed by atoms with E-state index in [1.165, 1.54) is 23.5 Å². The highest BCUT2D eigenvalue weighted by molar-refractivity contribution is 7.85. The van der Waals surface area contributed by atoms with Gasteiger partial charge in [0.25, 0.3) is 10.1 Å². The molecule has 0 amide bonds. The van der Waals surface area contributed by atoms with Gasteiger partial charge in [0.2, 0.25) is 0 Å². The number of rotatable bonds is 3. The van der Waals surface area contributed by atoms with Gasteiger partial charge < -0.3 is 0 Å². The minimum atomic E-state index is -4.16. The Hall–Kier alpha value is -1.44. The maximum Gasteiger partial charge on any atom is 0.375 e. The number of hydrogen-bond acceptors (Lipinski definition) is 4. The zero-order chi connectivity index (χ0) is 12.5. The van der Waals surface area contributed by atoms with Gasteiger partial charge in [-0.05, 0) is 29.5 Å². The molecule has 5 nitrogen and oxygen atoms in total. The molecule has 0 spiro atoms. The molecule has 17 heavy (non-hydrogen) atoms. The minimum Gasteiger partial charge on any atom is -0.282 e. The first kappa shape index (κ1) is 12.0. The van der Waals surface area contributed by atoms with Gasteiger partial charge >= 0.3 is 4.80 Å². The van der Waals surface area contributed by atoms with Gasteiger partial charge in [-0.25, -0.2) is 4.98 Å². The lowest BCUT2D eigenvalue weighted by Crippen LogP contribution is -2.09. The Morgan fingerprint density at radius 2 is 2.29 bits per heavy atom. The molecule has 0 aliphatic rings. The molecular weight excluding hydrogens is 260 g/mol. The molecular formula is C10H10N2O3S2+. The number of benzene rings is 1. The van der Waals surface area contributed by atoms with Gasteiger partial charge in [0, 0.05) is 6.07 Å². The Kier molecular flexibility index (Phi) is 3.14. The smallest absolute Gasteiger partial charge is 0.282 e. The zero-order valence-electron chi connectivity index (χ0n) is 8.75. The molecule has 0 aliphatic carbocycles. The zero-order valence-corrected chi connectivity index (χ0v) is 10.4. The van der Waals surface area contributed by atoms with Crippen LogP contribution in [0.1, 0.15) is 0 Å². The van der Waals surface area contributed by atoms with Crippen molar-refractivity contribution in [2.24, 2.45) is 0 Å². The monoisotopic (exact) mass is 270 g/mol. The molecule has 7 heteroatoms. The van der Waals surface area contributed by atoms with E-state index in [1.54, 1.807) is 12.1 Å². The van der Waals surface area contributed by atoms with Crippen LogP contribution in [-0.4, -0.2) is 24.5 Å². The predicted molar refractivity (Wildman–Crippen MR) is 66.3 cm³/mol. The van der Waals surface area contributed by atoms with E-state index in [4.69, 9.17) is 4.55 Å². The third-order valence-corrected chi connectivity index (χ3v) is 3.91. The van der Waals surface area contributed by atoms with E-state index >= 15 is 0 Å².